The molecule has 0 unspecified atom stereocenters. The van der Waals surface area contributed by atoms with Crippen LogP contribution in [0.15, 0.2) is 40.5 Å². The number of nitrogen functional groups attached to an aromatic ring is 1. The molecule has 0 fully saturated rings. The topological polar surface area (TPSA) is 61.0 Å². The van der Waals surface area contributed by atoms with Gasteiger partial charge in [0.1, 0.15) is 16.6 Å². The smallest absolute Gasteiger partial charge is 0.190 e. The van der Waals surface area contributed by atoms with E-state index in [4.69, 9.17) is 10.5 Å². The van der Waals surface area contributed by atoms with Gasteiger partial charge in [-0.3, -0.25) is 0 Å². The molecule has 0 radical (unpaired) electrons. The average molecular weight is 321 g/mol. The molecule has 0 atom stereocenters. The van der Waals surface area contributed by atoms with E-state index in [0.29, 0.717) is 11.0 Å². The molecule has 0 saturated carbocycles. The molecular formula is C15H19N3OS2. The highest BCUT2D eigenvalue weighted by molar-refractivity contribution is 7.99. The first-order chi connectivity index (χ1) is 10.1. The zero-order chi connectivity index (χ0) is 15.2. The van der Waals surface area contributed by atoms with Gasteiger partial charge in [0.15, 0.2) is 5.16 Å². The third-order valence-corrected chi connectivity index (χ3v) is 4.10. The number of ether oxygens (including phenoxy) is 1. The van der Waals surface area contributed by atoms with Crippen LogP contribution < -0.4 is 10.5 Å². The van der Waals surface area contributed by atoms with Gasteiger partial charge in [-0.2, -0.15) is 0 Å². The lowest BCUT2D eigenvalue weighted by atomic mass is 10.2. The fourth-order valence-corrected chi connectivity index (χ4v) is 3.00. The summed E-state index contributed by atoms with van der Waals surface area (Å²) in [4.78, 5) is 8.69. The van der Waals surface area contributed by atoms with Crippen LogP contribution >= 0.6 is 23.5 Å². The molecule has 0 spiro atoms. The van der Waals surface area contributed by atoms with Crippen LogP contribution in [0.25, 0.3) is 0 Å². The van der Waals surface area contributed by atoms with Crippen molar-refractivity contribution in [2.75, 3.05) is 12.0 Å². The van der Waals surface area contributed by atoms with Crippen LogP contribution in [0.2, 0.25) is 0 Å². The molecule has 1 aromatic carbocycles. The van der Waals surface area contributed by atoms with Gasteiger partial charge in [-0.05, 0) is 37.8 Å². The summed E-state index contributed by atoms with van der Waals surface area (Å²) in [6.07, 6.45) is 2.15. The van der Waals surface area contributed by atoms with Crippen molar-refractivity contribution >= 4 is 29.3 Å². The molecule has 2 rings (SSSR count). The molecule has 1 heterocycles. The molecule has 0 saturated heterocycles. The summed E-state index contributed by atoms with van der Waals surface area (Å²) in [6, 6.07) is 9.88. The number of rotatable bonds is 6. The predicted octanol–water partition coefficient (Wildman–Crippen LogP) is 3.86. The lowest BCUT2D eigenvalue weighted by molar-refractivity contribution is 0.242. The van der Waals surface area contributed by atoms with E-state index in [1.165, 1.54) is 5.56 Å². The van der Waals surface area contributed by atoms with Crippen molar-refractivity contribution in [3.8, 4) is 5.75 Å². The van der Waals surface area contributed by atoms with E-state index in [1.807, 2.05) is 32.2 Å². The Labute approximate surface area is 133 Å². The van der Waals surface area contributed by atoms with E-state index in [2.05, 4.69) is 22.1 Å². The summed E-state index contributed by atoms with van der Waals surface area (Å²) in [5.41, 5.74) is 6.96. The van der Waals surface area contributed by atoms with Gasteiger partial charge in [0, 0.05) is 11.8 Å². The summed E-state index contributed by atoms with van der Waals surface area (Å²) in [5, 5.41) is 1.59. The maximum Gasteiger partial charge on any atom is 0.190 e. The van der Waals surface area contributed by atoms with Crippen LogP contribution in [0.5, 0.6) is 5.75 Å². The van der Waals surface area contributed by atoms with Crippen molar-refractivity contribution in [3.63, 3.8) is 0 Å². The Kier molecular flexibility index (Phi) is 5.76. The normalized spacial score (nSPS) is 10.9. The SMILES string of the molecule is CSc1cc(N)nc(SCc2cccc(OC(C)C)c2)n1. The van der Waals surface area contributed by atoms with Gasteiger partial charge in [-0.15, -0.1) is 11.8 Å². The molecule has 1 aromatic heterocycles. The molecule has 2 N–H and O–H groups in total. The Hall–Kier alpha value is -1.40. The van der Waals surface area contributed by atoms with Gasteiger partial charge in [0.25, 0.3) is 0 Å². The third-order valence-electron chi connectivity index (χ3n) is 2.55. The molecule has 0 aliphatic carbocycles. The second-order valence-corrected chi connectivity index (χ2v) is 6.49. The number of hydrogen-bond acceptors (Lipinski definition) is 6. The van der Waals surface area contributed by atoms with Crippen molar-refractivity contribution in [2.24, 2.45) is 0 Å². The molecule has 0 aliphatic heterocycles. The summed E-state index contributed by atoms with van der Waals surface area (Å²) in [7, 11) is 0. The van der Waals surface area contributed by atoms with Crippen molar-refractivity contribution in [2.45, 2.75) is 35.9 Å². The van der Waals surface area contributed by atoms with Crippen LogP contribution in [0.3, 0.4) is 0 Å². The minimum Gasteiger partial charge on any atom is -0.491 e. The highest BCUT2D eigenvalue weighted by Gasteiger charge is 2.05. The van der Waals surface area contributed by atoms with Crippen LogP contribution in [-0.4, -0.2) is 22.3 Å². The van der Waals surface area contributed by atoms with Gasteiger partial charge < -0.3 is 10.5 Å². The van der Waals surface area contributed by atoms with E-state index in [-0.39, 0.29) is 6.10 Å². The highest BCUT2D eigenvalue weighted by Crippen LogP contribution is 2.25. The monoisotopic (exact) mass is 321 g/mol. The Morgan fingerprint density at radius 1 is 1.24 bits per heavy atom. The average Bonchev–Trinajstić information content (AvgIpc) is 2.44. The first-order valence-corrected chi connectivity index (χ1v) is 8.85. The quantitative estimate of drug-likeness (QED) is 0.495. The Bertz CT molecular complexity index is 605. The molecule has 0 bridgehead atoms. The minimum absolute atomic E-state index is 0.175. The van der Waals surface area contributed by atoms with Gasteiger partial charge in [-0.25, -0.2) is 9.97 Å². The van der Waals surface area contributed by atoms with Crippen molar-refractivity contribution in [1.82, 2.24) is 9.97 Å². The summed E-state index contributed by atoms with van der Waals surface area (Å²) >= 11 is 3.14. The fourth-order valence-electron chi connectivity index (χ4n) is 1.72. The van der Waals surface area contributed by atoms with Gasteiger partial charge >= 0.3 is 0 Å². The lowest BCUT2D eigenvalue weighted by Gasteiger charge is -2.10. The Morgan fingerprint density at radius 3 is 2.76 bits per heavy atom. The van der Waals surface area contributed by atoms with Crippen molar-refractivity contribution in [3.05, 3.63) is 35.9 Å². The molecule has 0 amide bonds. The number of benzene rings is 1. The first-order valence-electron chi connectivity index (χ1n) is 6.64. The van der Waals surface area contributed by atoms with Gasteiger partial charge in [0.2, 0.25) is 0 Å². The lowest BCUT2D eigenvalue weighted by Crippen LogP contribution is -2.05. The van der Waals surface area contributed by atoms with Crippen LogP contribution in [-0.2, 0) is 5.75 Å². The molecule has 112 valence electrons. The fraction of sp³-hybridized carbons (Fsp3) is 0.333. The number of thioether (sulfide) groups is 2. The van der Waals surface area contributed by atoms with E-state index in [1.54, 1.807) is 29.6 Å². The standard InChI is InChI=1S/C15H19N3OS2/c1-10(2)19-12-6-4-5-11(7-12)9-21-15-17-13(16)8-14(18-15)20-3/h4-8,10H,9H2,1-3H3,(H2,16,17,18). The minimum atomic E-state index is 0.175. The number of anilines is 1. The molecule has 6 heteroatoms. The maximum atomic E-state index is 5.79. The highest BCUT2D eigenvalue weighted by atomic mass is 32.2. The Morgan fingerprint density at radius 2 is 2.05 bits per heavy atom. The molecule has 4 nitrogen and oxygen atoms in total. The largest absolute Gasteiger partial charge is 0.491 e. The molecule has 0 aliphatic rings. The number of nitrogens with two attached hydrogens (primary N) is 1. The van der Waals surface area contributed by atoms with Crippen molar-refractivity contribution < 1.29 is 4.74 Å². The Balaban J connectivity index is 2.04. The summed E-state index contributed by atoms with van der Waals surface area (Å²) in [6.45, 7) is 4.04. The summed E-state index contributed by atoms with van der Waals surface area (Å²) < 4.78 is 5.70. The molecule has 21 heavy (non-hydrogen) atoms. The molecule has 2 aromatic rings. The van der Waals surface area contributed by atoms with Crippen LogP contribution in [0.4, 0.5) is 5.82 Å². The van der Waals surface area contributed by atoms with E-state index in [9.17, 15) is 0 Å². The number of aromatic nitrogens is 2. The van der Waals surface area contributed by atoms with E-state index in [0.717, 1.165) is 16.5 Å². The predicted molar refractivity (Wildman–Crippen MR) is 90.0 cm³/mol. The van der Waals surface area contributed by atoms with E-state index >= 15 is 0 Å². The van der Waals surface area contributed by atoms with Crippen LogP contribution in [0.1, 0.15) is 19.4 Å². The van der Waals surface area contributed by atoms with Crippen LogP contribution in [0, 0.1) is 0 Å². The maximum absolute atomic E-state index is 5.79. The second-order valence-electron chi connectivity index (χ2n) is 4.72. The molecular weight excluding hydrogens is 302 g/mol. The third kappa shape index (κ3) is 5.13. The first kappa shape index (κ1) is 16.0. The summed E-state index contributed by atoms with van der Waals surface area (Å²) in [5.74, 6) is 2.18. The van der Waals surface area contributed by atoms with Gasteiger partial charge in [-0.1, -0.05) is 23.9 Å². The number of hydrogen-bond donors (Lipinski definition) is 1. The van der Waals surface area contributed by atoms with Gasteiger partial charge in [0.05, 0.1) is 6.10 Å². The van der Waals surface area contributed by atoms with E-state index < -0.39 is 0 Å². The zero-order valence-corrected chi connectivity index (χ0v) is 14.0. The van der Waals surface area contributed by atoms with Crippen molar-refractivity contribution in [1.29, 1.82) is 0 Å². The second kappa shape index (κ2) is 7.56. The number of nitrogens with zero attached hydrogens (tertiary/aromatic N) is 2. The zero-order valence-electron chi connectivity index (χ0n) is 12.4.